The molecule has 1 N–H and O–H groups in total. The highest BCUT2D eigenvalue weighted by atomic mass is 16.7. The Morgan fingerprint density at radius 1 is 1.15 bits per heavy atom. The molecule has 1 saturated heterocycles. The number of rotatable bonds is 5. The fraction of sp³-hybridized carbons (Fsp3) is 0.500. The molecule has 2 aliphatic rings. The van der Waals surface area contributed by atoms with Crippen molar-refractivity contribution in [2.45, 2.75) is 64.8 Å². The molecule has 0 radical (unpaired) electrons. The molecular weight excluding hydrogens is 427 g/mol. The van der Waals surface area contributed by atoms with Gasteiger partial charge < -0.3 is 28.6 Å². The Morgan fingerprint density at radius 2 is 1.79 bits per heavy atom. The van der Waals surface area contributed by atoms with E-state index in [1.165, 1.54) is 21.1 Å². The first-order valence-electron chi connectivity index (χ1n) is 10.9. The SMILES string of the molecule is COC(=O)CC1Cc2c(C(C)=O)c(O)c3c(OC)c(B4OC(C)(C)C(C)(C)O4)ccc3c2O1. The highest BCUT2D eigenvalue weighted by Crippen LogP contribution is 2.48. The second-order valence-corrected chi connectivity index (χ2v) is 9.51. The van der Waals surface area contributed by atoms with E-state index in [1.807, 2.05) is 33.8 Å². The van der Waals surface area contributed by atoms with E-state index >= 15 is 0 Å². The first-order valence-corrected chi connectivity index (χ1v) is 10.9. The quantitative estimate of drug-likeness (QED) is 0.417. The van der Waals surface area contributed by atoms with Crippen molar-refractivity contribution >= 4 is 35.1 Å². The molecule has 0 bridgehead atoms. The Kier molecular flexibility index (Phi) is 5.61. The summed E-state index contributed by atoms with van der Waals surface area (Å²) in [7, 11) is 2.08. The van der Waals surface area contributed by atoms with Crippen molar-refractivity contribution in [1.29, 1.82) is 0 Å². The van der Waals surface area contributed by atoms with Gasteiger partial charge in [-0.05, 0) is 34.6 Å². The van der Waals surface area contributed by atoms with Crippen molar-refractivity contribution in [2.75, 3.05) is 14.2 Å². The van der Waals surface area contributed by atoms with Crippen LogP contribution < -0.4 is 14.9 Å². The lowest BCUT2D eigenvalue weighted by atomic mass is 9.76. The molecule has 0 spiro atoms. The molecule has 1 unspecified atom stereocenters. The zero-order valence-electron chi connectivity index (χ0n) is 20.0. The van der Waals surface area contributed by atoms with Crippen LogP contribution in [-0.2, 0) is 25.3 Å². The van der Waals surface area contributed by atoms with Gasteiger partial charge in [0.15, 0.2) is 5.78 Å². The van der Waals surface area contributed by atoms with Gasteiger partial charge in [0.2, 0.25) is 0 Å². The molecule has 2 aliphatic heterocycles. The van der Waals surface area contributed by atoms with Gasteiger partial charge in [0.25, 0.3) is 0 Å². The molecule has 4 rings (SSSR count). The van der Waals surface area contributed by atoms with E-state index in [9.17, 15) is 14.7 Å². The molecule has 0 aliphatic carbocycles. The van der Waals surface area contributed by atoms with Gasteiger partial charge >= 0.3 is 13.1 Å². The molecule has 2 aromatic rings. The van der Waals surface area contributed by atoms with E-state index in [2.05, 4.69) is 0 Å². The Balaban J connectivity index is 1.90. The van der Waals surface area contributed by atoms with Crippen LogP contribution >= 0.6 is 0 Å². The van der Waals surface area contributed by atoms with Gasteiger partial charge in [0.1, 0.15) is 23.4 Å². The number of carbonyl (C=O) groups excluding carboxylic acids is 2. The Bertz CT molecular complexity index is 1140. The Morgan fingerprint density at radius 3 is 2.33 bits per heavy atom. The zero-order valence-corrected chi connectivity index (χ0v) is 20.0. The summed E-state index contributed by atoms with van der Waals surface area (Å²) in [5.74, 6) is -0.106. The van der Waals surface area contributed by atoms with Gasteiger partial charge in [-0.1, -0.05) is 12.1 Å². The average Bonchev–Trinajstić information content (AvgIpc) is 3.23. The van der Waals surface area contributed by atoms with E-state index in [-0.39, 0.29) is 23.5 Å². The second kappa shape index (κ2) is 7.92. The largest absolute Gasteiger partial charge is 0.506 e. The van der Waals surface area contributed by atoms with Crippen LogP contribution in [0.3, 0.4) is 0 Å². The normalized spacial score (nSPS) is 20.5. The maximum Gasteiger partial charge on any atom is 0.498 e. The lowest BCUT2D eigenvalue weighted by molar-refractivity contribution is -0.142. The van der Waals surface area contributed by atoms with E-state index < -0.39 is 30.4 Å². The van der Waals surface area contributed by atoms with Gasteiger partial charge in [0.05, 0.1) is 42.8 Å². The number of ether oxygens (including phenoxy) is 3. The molecule has 0 amide bonds. The molecule has 2 heterocycles. The summed E-state index contributed by atoms with van der Waals surface area (Å²) in [6.45, 7) is 9.20. The van der Waals surface area contributed by atoms with Crippen LogP contribution in [0.25, 0.3) is 10.8 Å². The second-order valence-electron chi connectivity index (χ2n) is 9.51. The minimum Gasteiger partial charge on any atom is -0.506 e. The third-order valence-corrected chi connectivity index (χ3v) is 6.88. The number of hydrogen-bond donors (Lipinski definition) is 1. The number of fused-ring (bicyclic) bond motifs is 3. The summed E-state index contributed by atoms with van der Waals surface area (Å²) < 4.78 is 29.0. The van der Waals surface area contributed by atoms with Crippen molar-refractivity contribution < 1.29 is 38.2 Å². The first-order chi connectivity index (χ1) is 15.4. The highest BCUT2D eigenvalue weighted by molar-refractivity contribution is 6.63. The lowest BCUT2D eigenvalue weighted by Crippen LogP contribution is -2.41. The monoisotopic (exact) mass is 456 g/mol. The number of phenols is 1. The smallest absolute Gasteiger partial charge is 0.498 e. The number of esters is 1. The van der Waals surface area contributed by atoms with E-state index in [0.717, 1.165) is 0 Å². The van der Waals surface area contributed by atoms with E-state index in [4.69, 9.17) is 23.5 Å². The number of phenolic OH excluding ortho intramolecular Hbond substituents is 1. The van der Waals surface area contributed by atoms with Crippen LogP contribution in [-0.4, -0.2) is 55.5 Å². The summed E-state index contributed by atoms with van der Waals surface area (Å²) in [4.78, 5) is 24.4. The van der Waals surface area contributed by atoms with Crippen molar-refractivity contribution in [3.8, 4) is 17.2 Å². The fourth-order valence-corrected chi connectivity index (χ4v) is 4.47. The van der Waals surface area contributed by atoms with Crippen molar-refractivity contribution in [3.63, 3.8) is 0 Å². The molecule has 1 fully saturated rings. The number of carbonyl (C=O) groups is 2. The van der Waals surface area contributed by atoms with Crippen molar-refractivity contribution in [3.05, 3.63) is 23.3 Å². The molecule has 1 atom stereocenters. The molecular formula is C24H29BO8. The van der Waals surface area contributed by atoms with Crippen LogP contribution in [0.5, 0.6) is 17.2 Å². The van der Waals surface area contributed by atoms with Crippen LogP contribution in [0.2, 0.25) is 0 Å². The molecule has 8 nitrogen and oxygen atoms in total. The number of ketones is 1. The predicted octanol–water partition coefficient (Wildman–Crippen LogP) is 2.92. The van der Waals surface area contributed by atoms with Gasteiger partial charge in [-0.25, -0.2) is 0 Å². The standard InChI is InChI=1S/C24H29BO8/c1-12(26)18-15-10-13(11-17(27)29-6)31-21(15)14-8-9-16(22(30-7)19(14)20(18)28)25-32-23(2,3)24(4,5)33-25/h8-9,13,28H,10-11H2,1-7H3. The van der Waals surface area contributed by atoms with Crippen molar-refractivity contribution in [1.82, 2.24) is 0 Å². The number of benzene rings is 2. The number of aromatic hydroxyl groups is 1. The maximum atomic E-state index is 12.6. The third-order valence-electron chi connectivity index (χ3n) is 6.88. The Labute approximate surface area is 193 Å². The molecule has 33 heavy (non-hydrogen) atoms. The van der Waals surface area contributed by atoms with Crippen LogP contribution in [0.15, 0.2) is 12.1 Å². The molecule has 9 heteroatoms. The molecule has 0 saturated carbocycles. The van der Waals surface area contributed by atoms with Gasteiger partial charge in [-0.3, -0.25) is 9.59 Å². The summed E-state index contributed by atoms with van der Waals surface area (Å²) in [5.41, 5.74) is 0.206. The van der Waals surface area contributed by atoms with Crippen LogP contribution in [0, 0.1) is 0 Å². The molecule has 2 aromatic carbocycles. The van der Waals surface area contributed by atoms with E-state index in [0.29, 0.717) is 39.7 Å². The number of Topliss-reactive ketones (excluding diaryl/α,β-unsaturated/α-hetero) is 1. The van der Waals surface area contributed by atoms with Crippen LogP contribution in [0.4, 0.5) is 0 Å². The van der Waals surface area contributed by atoms with Gasteiger partial charge in [-0.15, -0.1) is 0 Å². The van der Waals surface area contributed by atoms with E-state index in [1.54, 1.807) is 6.07 Å². The third kappa shape index (κ3) is 3.63. The highest BCUT2D eigenvalue weighted by Gasteiger charge is 2.52. The van der Waals surface area contributed by atoms with Gasteiger partial charge in [0, 0.05) is 22.8 Å². The van der Waals surface area contributed by atoms with Crippen molar-refractivity contribution in [2.24, 2.45) is 0 Å². The lowest BCUT2D eigenvalue weighted by Gasteiger charge is -2.32. The topological polar surface area (TPSA) is 101 Å². The predicted molar refractivity (Wildman–Crippen MR) is 123 cm³/mol. The fourth-order valence-electron chi connectivity index (χ4n) is 4.47. The number of methoxy groups -OCH3 is 2. The summed E-state index contributed by atoms with van der Waals surface area (Å²) >= 11 is 0. The summed E-state index contributed by atoms with van der Waals surface area (Å²) in [6, 6.07) is 3.61. The average molecular weight is 456 g/mol. The first kappa shape index (κ1) is 23.4. The van der Waals surface area contributed by atoms with Crippen LogP contribution in [0.1, 0.15) is 57.0 Å². The summed E-state index contributed by atoms with van der Waals surface area (Å²) in [6.07, 6.45) is -0.151. The van der Waals surface area contributed by atoms with Gasteiger partial charge in [-0.2, -0.15) is 0 Å². The molecule has 0 aromatic heterocycles. The number of hydrogen-bond acceptors (Lipinski definition) is 8. The minimum absolute atomic E-state index is 0.0356. The zero-order chi connectivity index (χ0) is 24.3. The Hall–Kier alpha value is -2.78. The summed E-state index contributed by atoms with van der Waals surface area (Å²) in [5, 5.41) is 12.2. The molecule has 176 valence electrons. The maximum absolute atomic E-state index is 12.6. The minimum atomic E-state index is -0.726.